The molecule has 5 rings (SSSR count). The van der Waals surface area contributed by atoms with E-state index >= 15 is 0 Å². The number of aromatic nitrogens is 2. The molecule has 2 aromatic heterocycles. The molecule has 156 valence electrons. The van der Waals surface area contributed by atoms with E-state index in [2.05, 4.69) is 52.5 Å². The summed E-state index contributed by atoms with van der Waals surface area (Å²) in [5, 5.41) is 4.13. The lowest BCUT2D eigenvalue weighted by atomic mass is 9.79. The first-order valence-electron chi connectivity index (χ1n) is 11.2. The number of nitrogens with two attached hydrogens (primary N) is 1. The molecule has 0 aliphatic heterocycles. The fourth-order valence-corrected chi connectivity index (χ4v) is 4.81. The van der Waals surface area contributed by atoms with E-state index in [4.69, 9.17) is 5.73 Å². The van der Waals surface area contributed by atoms with Crippen molar-refractivity contribution in [1.82, 2.24) is 9.97 Å². The molecule has 2 saturated carbocycles. The van der Waals surface area contributed by atoms with E-state index in [0.717, 1.165) is 54.0 Å². The molecule has 1 atom stereocenters. The van der Waals surface area contributed by atoms with Crippen LogP contribution in [0.2, 0.25) is 0 Å². The Morgan fingerprint density at radius 1 is 1.13 bits per heavy atom. The Balaban J connectivity index is 1.35. The standard InChI is InChI=1S/C25H30N4O/c1-15(26)16-5-9-18(10-6-16)25(30)29-22-11-12-27-24-21(22)14-23(28-24)20-4-2-3-19(13-20)17-7-8-17/h2-4,11-18H,5-10,26H2,1H3,(H2,27,28,29,30). The molecule has 2 aliphatic carbocycles. The lowest BCUT2D eigenvalue weighted by Gasteiger charge is -2.30. The molecule has 2 heterocycles. The van der Waals surface area contributed by atoms with Crippen molar-refractivity contribution in [2.45, 2.75) is 57.4 Å². The minimum absolute atomic E-state index is 0.0665. The number of rotatable bonds is 5. The second-order valence-electron chi connectivity index (χ2n) is 9.16. The molecule has 4 N–H and O–H groups in total. The monoisotopic (exact) mass is 402 g/mol. The zero-order valence-corrected chi connectivity index (χ0v) is 17.5. The third kappa shape index (κ3) is 3.86. The Morgan fingerprint density at radius 3 is 2.67 bits per heavy atom. The van der Waals surface area contributed by atoms with Crippen LogP contribution >= 0.6 is 0 Å². The van der Waals surface area contributed by atoms with Crippen LogP contribution in [-0.2, 0) is 4.79 Å². The molecule has 0 bridgehead atoms. The van der Waals surface area contributed by atoms with Crippen LogP contribution in [0, 0.1) is 11.8 Å². The summed E-state index contributed by atoms with van der Waals surface area (Å²) >= 11 is 0. The maximum absolute atomic E-state index is 12.9. The topological polar surface area (TPSA) is 83.8 Å². The number of nitrogens with zero attached hydrogens (tertiary/aromatic N) is 1. The third-order valence-electron chi connectivity index (χ3n) is 6.92. The minimum Gasteiger partial charge on any atom is -0.339 e. The first kappa shape index (κ1) is 19.3. The Bertz CT molecular complexity index is 1060. The number of hydrogen-bond donors (Lipinski definition) is 3. The highest BCUT2D eigenvalue weighted by Crippen LogP contribution is 2.41. The van der Waals surface area contributed by atoms with Gasteiger partial charge < -0.3 is 16.0 Å². The van der Waals surface area contributed by atoms with Crippen LogP contribution in [0.4, 0.5) is 5.69 Å². The van der Waals surface area contributed by atoms with Gasteiger partial charge in [0.2, 0.25) is 5.91 Å². The van der Waals surface area contributed by atoms with E-state index in [1.54, 1.807) is 6.20 Å². The molecule has 5 heteroatoms. The van der Waals surface area contributed by atoms with Crippen molar-refractivity contribution in [3.8, 4) is 11.3 Å². The number of hydrogen-bond acceptors (Lipinski definition) is 3. The molecule has 1 aromatic carbocycles. The lowest BCUT2D eigenvalue weighted by molar-refractivity contribution is -0.121. The average Bonchev–Trinajstić information content (AvgIpc) is 3.52. The first-order valence-corrected chi connectivity index (χ1v) is 11.2. The van der Waals surface area contributed by atoms with Gasteiger partial charge in [-0.05, 0) is 86.6 Å². The number of benzene rings is 1. The first-order chi connectivity index (χ1) is 14.6. The second kappa shape index (κ2) is 7.88. The maximum atomic E-state index is 12.9. The van der Waals surface area contributed by atoms with E-state index < -0.39 is 0 Å². The molecule has 5 nitrogen and oxygen atoms in total. The number of aromatic amines is 1. The van der Waals surface area contributed by atoms with Crippen molar-refractivity contribution >= 4 is 22.6 Å². The van der Waals surface area contributed by atoms with Crippen LogP contribution in [0.25, 0.3) is 22.3 Å². The molecule has 1 unspecified atom stereocenters. The molecule has 30 heavy (non-hydrogen) atoms. The van der Waals surface area contributed by atoms with E-state index in [-0.39, 0.29) is 17.9 Å². The molecule has 3 aromatic rings. The van der Waals surface area contributed by atoms with Gasteiger partial charge in [0.25, 0.3) is 0 Å². The highest BCUT2D eigenvalue weighted by atomic mass is 16.1. The quantitative estimate of drug-likeness (QED) is 0.548. The smallest absolute Gasteiger partial charge is 0.227 e. The minimum atomic E-state index is 0.0665. The Morgan fingerprint density at radius 2 is 1.93 bits per heavy atom. The molecule has 2 aliphatic rings. The normalized spacial score (nSPS) is 22.7. The number of carbonyl (C=O) groups is 1. The van der Waals surface area contributed by atoms with Gasteiger partial charge in [0.05, 0.1) is 5.69 Å². The van der Waals surface area contributed by atoms with E-state index in [9.17, 15) is 4.79 Å². The zero-order valence-electron chi connectivity index (χ0n) is 17.5. The van der Waals surface area contributed by atoms with Crippen molar-refractivity contribution in [2.24, 2.45) is 17.6 Å². The van der Waals surface area contributed by atoms with Gasteiger partial charge >= 0.3 is 0 Å². The van der Waals surface area contributed by atoms with Crippen LogP contribution in [0.3, 0.4) is 0 Å². The van der Waals surface area contributed by atoms with E-state index in [0.29, 0.717) is 5.92 Å². The molecule has 2 fully saturated rings. The van der Waals surface area contributed by atoms with Crippen molar-refractivity contribution < 1.29 is 4.79 Å². The van der Waals surface area contributed by atoms with E-state index in [1.165, 1.54) is 24.0 Å². The summed E-state index contributed by atoms with van der Waals surface area (Å²) in [6.45, 7) is 2.07. The van der Waals surface area contributed by atoms with Crippen LogP contribution in [0.5, 0.6) is 0 Å². The summed E-state index contributed by atoms with van der Waals surface area (Å²) in [5.74, 6) is 1.45. The number of fused-ring (bicyclic) bond motifs is 1. The highest BCUT2D eigenvalue weighted by Gasteiger charge is 2.28. The zero-order chi connectivity index (χ0) is 20.7. The SMILES string of the molecule is CC(N)C1CCC(C(=O)Nc2ccnc3[nH]c(-c4cccc(C5CC5)c4)cc23)CC1. The maximum Gasteiger partial charge on any atom is 0.227 e. The fraction of sp³-hybridized carbons (Fsp3) is 0.440. The molecule has 0 spiro atoms. The molecular formula is C25H30N4O. The summed E-state index contributed by atoms with van der Waals surface area (Å²) in [6.07, 6.45) is 8.24. The Labute approximate surface area is 177 Å². The van der Waals surface area contributed by atoms with Crippen molar-refractivity contribution in [1.29, 1.82) is 0 Å². The van der Waals surface area contributed by atoms with Crippen LogP contribution in [0.1, 0.15) is 56.9 Å². The van der Waals surface area contributed by atoms with E-state index in [1.807, 2.05) is 6.07 Å². The van der Waals surface area contributed by atoms with Gasteiger partial charge in [0, 0.05) is 29.2 Å². The molecule has 0 radical (unpaired) electrons. The predicted octanol–water partition coefficient (Wildman–Crippen LogP) is 5.20. The number of carbonyl (C=O) groups excluding carboxylic acids is 1. The number of anilines is 1. The molecule has 1 amide bonds. The number of pyridine rings is 1. The fourth-order valence-electron chi connectivity index (χ4n) is 4.81. The van der Waals surface area contributed by atoms with Gasteiger partial charge in [-0.1, -0.05) is 18.2 Å². The summed E-state index contributed by atoms with van der Waals surface area (Å²) in [4.78, 5) is 20.8. The van der Waals surface area contributed by atoms with Gasteiger partial charge in [0.15, 0.2) is 0 Å². The third-order valence-corrected chi connectivity index (χ3v) is 6.92. The number of nitrogens with one attached hydrogen (secondary N) is 2. The largest absolute Gasteiger partial charge is 0.339 e. The summed E-state index contributed by atoms with van der Waals surface area (Å²) in [5.41, 5.74) is 11.3. The van der Waals surface area contributed by atoms with Crippen molar-refractivity contribution in [3.63, 3.8) is 0 Å². The summed E-state index contributed by atoms with van der Waals surface area (Å²) < 4.78 is 0. The summed E-state index contributed by atoms with van der Waals surface area (Å²) in [7, 11) is 0. The van der Waals surface area contributed by atoms with Crippen molar-refractivity contribution in [3.05, 3.63) is 48.2 Å². The van der Waals surface area contributed by atoms with Crippen LogP contribution in [0.15, 0.2) is 42.6 Å². The van der Waals surface area contributed by atoms with Crippen molar-refractivity contribution in [2.75, 3.05) is 5.32 Å². The average molecular weight is 403 g/mol. The number of H-pyrrole nitrogens is 1. The molecule has 0 saturated heterocycles. The van der Waals surface area contributed by atoms with Crippen LogP contribution in [-0.4, -0.2) is 21.9 Å². The van der Waals surface area contributed by atoms with Gasteiger partial charge in [-0.25, -0.2) is 4.98 Å². The van der Waals surface area contributed by atoms with Gasteiger partial charge in [0.1, 0.15) is 5.65 Å². The second-order valence-corrected chi connectivity index (χ2v) is 9.16. The van der Waals surface area contributed by atoms with Gasteiger partial charge in [-0.15, -0.1) is 0 Å². The Hall–Kier alpha value is -2.66. The van der Waals surface area contributed by atoms with Gasteiger partial charge in [-0.3, -0.25) is 4.79 Å². The van der Waals surface area contributed by atoms with Gasteiger partial charge in [-0.2, -0.15) is 0 Å². The Kier molecular flexibility index (Phi) is 5.07. The lowest BCUT2D eigenvalue weighted by Crippen LogP contribution is -2.33. The summed E-state index contributed by atoms with van der Waals surface area (Å²) in [6, 6.07) is 13.0. The number of amides is 1. The molecular weight excluding hydrogens is 372 g/mol. The highest BCUT2D eigenvalue weighted by molar-refractivity contribution is 6.02. The predicted molar refractivity (Wildman–Crippen MR) is 121 cm³/mol. The van der Waals surface area contributed by atoms with Crippen LogP contribution < -0.4 is 11.1 Å².